The highest BCUT2D eigenvalue weighted by atomic mass is 35.5. The summed E-state index contributed by atoms with van der Waals surface area (Å²) in [6.07, 6.45) is 0.275. The molecular weight excluding hydrogens is 382 g/mol. The van der Waals surface area contributed by atoms with Gasteiger partial charge in [0.05, 0.1) is 13.0 Å². The number of rotatable bonds is 4. The second-order valence-electron chi connectivity index (χ2n) is 5.50. The molecule has 3 rings (SSSR count). The molecule has 2 aromatic rings. The zero-order valence-electron chi connectivity index (χ0n) is 13.2. The molecule has 1 heterocycles. The predicted molar refractivity (Wildman–Crippen MR) is 102 cm³/mol. The Hall–Kier alpha value is -1.56. The van der Waals surface area contributed by atoms with Crippen LogP contribution >= 0.6 is 35.0 Å². The summed E-state index contributed by atoms with van der Waals surface area (Å²) < 4.78 is 13.9. The predicted octanol–water partition coefficient (Wildman–Crippen LogP) is 4.81. The van der Waals surface area contributed by atoms with Crippen LogP contribution in [-0.4, -0.2) is 29.1 Å². The Morgan fingerprint density at radius 3 is 2.68 bits per heavy atom. The van der Waals surface area contributed by atoms with E-state index in [1.54, 1.807) is 29.2 Å². The van der Waals surface area contributed by atoms with Crippen LogP contribution in [0.15, 0.2) is 47.5 Å². The van der Waals surface area contributed by atoms with E-state index < -0.39 is 0 Å². The van der Waals surface area contributed by atoms with Crippen LogP contribution in [-0.2, 0) is 17.0 Å². The first kappa shape index (κ1) is 18.2. The number of hydrogen-bond donors (Lipinski definition) is 0. The van der Waals surface area contributed by atoms with Crippen molar-refractivity contribution in [2.24, 2.45) is 4.99 Å². The van der Waals surface area contributed by atoms with Crippen LogP contribution in [0.4, 0.5) is 4.39 Å². The normalized spacial score (nSPS) is 13.9. The smallest absolute Gasteiger partial charge is 0.233 e. The Balaban J connectivity index is 1.64. The van der Waals surface area contributed by atoms with Crippen molar-refractivity contribution in [1.82, 2.24) is 4.90 Å². The van der Waals surface area contributed by atoms with Crippen LogP contribution in [0.3, 0.4) is 0 Å². The topological polar surface area (TPSA) is 32.7 Å². The fraction of sp³-hybridized carbons (Fsp3) is 0.222. The van der Waals surface area contributed by atoms with E-state index in [0.29, 0.717) is 39.6 Å². The second-order valence-corrected chi connectivity index (χ2v) is 7.29. The standard InChI is InChI=1S/C18H15Cl2FN2OS/c19-13-6-4-12(5-7-13)10-17(24)23-9-8-22-18(23)25-11-14-15(20)2-1-3-16(14)21/h1-7H,8-11H2. The molecule has 25 heavy (non-hydrogen) atoms. The Morgan fingerprint density at radius 2 is 1.96 bits per heavy atom. The lowest BCUT2D eigenvalue weighted by molar-refractivity contribution is -0.126. The second kappa shape index (κ2) is 8.21. The molecule has 130 valence electrons. The molecule has 1 aliphatic heterocycles. The Morgan fingerprint density at radius 1 is 1.20 bits per heavy atom. The van der Waals surface area contributed by atoms with Crippen molar-refractivity contribution in [2.75, 3.05) is 13.1 Å². The lowest BCUT2D eigenvalue weighted by Gasteiger charge is -2.18. The van der Waals surface area contributed by atoms with Gasteiger partial charge in [0, 0.05) is 27.9 Å². The van der Waals surface area contributed by atoms with E-state index in [-0.39, 0.29) is 18.1 Å². The number of hydrogen-bond acceptors (Lipinski definition) is 3. The van der Waals surface area contributed by atoms with Crippen molar-refractivity contribution < 1.29 is 9.18 Å². The number of thioether (sulfide) groups is 1. The summed E-state index contributed by atoms with van der Waals surface area (Å²) in [6, 6.07) is 11.8. The van der Waals surface area contributed by atoms with Gasteiger partial charge in [-0.05, 0) is 29.8 Å². The average Bonchev–Trinajstić information content (AvgIpc) is 3.05. The van der Waals surface area contributed by atoms with Crippen LogP contribution < -0.4 is 0 Å². The molecule has 0 spiro atoms. The minimum atomic E-state index is -0.349. The molecule has 3 nitrogen and oxygen atoms in total. The van der Waals surface area contributed by atoms with Crippen LogP contribution in [0.1, 0.15) is 11.1 Å². The van der Waals surface area contributed by atoms with Crippen molar-refractivity contribution in [3.05, 3.63) is 69.5 Å². The number of benzene rings is 2. The molecular formula is C18H15Cl2FN2OS. The van der Waals surface area contributed by atoms with Crippen LogP contribution in [0, 0.1) is 5.82 Å². The molecule has 2 aromatic carbocycles. The van der Waals surface area contributed by atoms with Crippen LogP contribution in [0.25, 0.3) is 0 Å². The summed E-state index contributed by atoms with van der Waals surface area (Å²) in [6.45, 7) is 1.10. The van der Waals surface area contributed by atoms with Gasteiger partial charge in [0.1, 0.15) is 5.82 Å². The van der Waals surface area contributed by atoms with Gasteiger partial charge in [-0.1, -0.05) is 53.2 Å². The van der Waals surface area contributed by atoms with Gasteiger partial charge in [-0.25, -0.2) is 4.39 Å². The first-order valence-corrected chi connectivity index (χ1v) is 9.43. The Labute approximate surface area is 159 Å². The molecule has 0 atom stereocenters. The van der Waals surface area contributed by atoms with Gasteiger partial charge < -0.3 is 0 Å². The molecule has 0 saturated carbocycles. The maximum atomic E-state index is 13.9. The number of halogens is 3. The molecule has 0 saturated heterocycles. The fourth-order valence-electron chi connectivity index (χ4n) is 2.46. The number of carbonyl (C=O) groups excluding carboxylic acids is 1. The highest BCUT2D eigenvalue weighted by molar-refractivity contribution is 8.13. The van der Waals surface area contributed by atoms with Crippen molar-refractivity contribution in [3.63, 3.8) is 0 Å². The van der Waals surface area contributed by atoms with Crippen molar-refractivity contribution in [2.45, 2.75) is 12.2 Å². The Bertz CT molecular complexity index is 791. The van der Waals surface area contributed by atoms with Crippen LogP contribution in [0.5, 0.6) is 0 Å². The zero-order chi connectivity index (χ0) is 17.8. The summed E-state index contributed by atoms with van der Waals surface area (Å²) in [5.74, 6) is -0.0574. The first-order chi connectivity index (χ1) is 12.0. The summed E-state index contributed by atoms with van der Waals surface area (Å²) in [7, 11) is 0. The molecule has 0 unspecified atom stereocenters. The molecule has 0 bridgehead atoms. The number of nitrogens with zero attached hydrogens (tertiary/aromatic N) is 2. The molecule has 1 aliphatic rings. The van der Waals surface area contributed by atoms with Gasteiger partial charge in [0.25, 0.3) is 0 Å². The van der Waals surface area contributed by atoms with Gasteiger partial charge >= 0.3 is 0 Å². The largest absolute Gasteiger partial charge is 0.289 e. The molecule has 1 amide bonds. The van der Waals surface area contributed by atoms with Crippen molar-refractivity contribution >= 4 is 46.0 Å². The highest BCUT2D eigenvalue weighted by Crippen LogP contribution is 2.26. The van der Waals surface area contributed by atoms with Crippen molar-refractivity contribution in [1.29, 1.82) is 0 Å². The summed E-state index contributed by atoms with van der Waals surface area (Å²) in [5.41, 5.74) is 1.32. The van der Waals surface area contributed by atoms with E-state index >= 15 is 0 Å². The third kappa shape index (κ3) is 4.54. The van der Waals surface area contributed by atoms with E-state index in [2.05, 4.69) is 4.99 Å². The van der Waals surface area contributed by atoms with E-state index in [0.717, 1.165) is 5.56 Å². The summed E-state index contributed by atoms with van der Waals surface area (Å²) in [4.78, 5) is 18.6. The zero-order valence-corrected chi connectivity index (χ0v) is 15.5. The summed E-state index contributed by atoms with van der Waals surface area (Å²) >= 11 is 13.2. The molecule has 0 radical (unpaired) electrons. The first-order valence-electron chi connectivity index (χ1n) is 7.69. The fourth-order valence-corrected chi connectivity index (χ4v) is 3.99. The number of amidine groups is 1. The summed E-state index contributed by atoms with van der Waals surface area (Å²) in [5, 5.41) is 1.63. The monoisotopic (exact) mass is 396 g/mol. The number of amides is 1. The maximum absolute atomic E-state index is 13.9. The van der Waals surface area contributed by atoms with Gasteiger partial charge in [0.2, 0.25) is 5.91 Å². The SMILES string of the molecule is O=C(Cc1ccc(Cl)cc1)N1CCN=C1SCc1c(F)cccc1Cl. The van der Waals surface area contributed by atoms with E-state index in [1.165, 1.54) is 17.8 Å². The van der Waals surface area contributed by atoms with E-state index in [9.17, 15) is 9.18 Å². The third-order valence-corrected chi connectivity index (χ3v) is 5.43. The van der Waals surface area contributed by atoms with Gasteiger partial charge in [0.15, 0.2) is 5.17 Å². The van der Waals surface area contributed by atoms with Gasteiger partial charge in [-0.15, -0.1) is 0 Å². The lowest BCUT2D eigenvalue weighted by atomic mass is 10.1. The van der Waals surface area contributed by atoms with Crippen molar-refractivity contribution in [3.8, 4) is 0 Å². The van der Waals surface area contributed by atoms with Gasteiger partial charge in [-0.3, -0.25) is 14.7 Å². The highest BCUT2D eigenvalue weighted by Gasteiger charge is 2.24. The molecule has 0 aromatic heterocycles. The minimum absolute atomic E-state index is 0.0364. The molecule has 0 N–H and O–H groups in total. The van der Waals surface area contributed by atoms with E-state index in [1.807, 2.05) is 12.1 Å². The number of carbonyl (C=O) groups is 1. The lowest BCUT2D eigenvalue weighted by Crippen LogP contribution is -2.34. The van der Waals surface area contributed by atoms with Crippen LogP contribution in [0.2, 0.25) is 10.0 Å². The number of aliphatic imine (C=N–C) groups is 1. The third-order valence-electron chi connectivity index (χ3n) is 3.78. The molecule has 7 heteroatoms. The molecule has 0 aliphatic carbocycles. The molecule has 0 fully saturated rings. The van der Waals surface area contributed by atoms with Gasteiger partial charge in [-0.2, -0.15) is 0 Å². The average molecular weight is 397 g/mol. The minimum Gasteiger partial charge on any atom is -0.289 e. The maximum Gasteiger partial charge on any atom is 0.233 e. The Kier molecular flexibility index (Phi) is 5.99. The quantitative estimate of drug-likeness (QED) is 0.742. The van der Waals surface area contributed by atoms with E-state index in [4.69, 9.17) is 23.2 Å².